The number of ether oxygens (including phenoxy) is 1. The van der Waals surface area contributed by atoms with Crippen LogP contribution in [0.25, 0.3) is 10.9 Å². The molecule has 1 aliphatic rings. The van der Waals surface area contributed by atoms with E-state index in [0.717, 1.165) is 25.1 Å². The lowest BCUT2D eigenvalue weighted by atomic mass is 9.95. The van der Waals surface area contributed by atoms with Crippen molar-refractivity contribution >= 4 is 16.9 Å². The van der Waals surface area contributed by atoms with E-state index in [0.29, 0.717) is 6.54 Å². The molecular formula is C27H33FN2O2. The predicted octanol–water partition coefficient (Wildman–Crippen LogP) is 5.59. The maximum absolute atomic E-state index is 13.6. The first kappa shape index (κ1) is 22.5. The Morgan fingerprint density at radius 3 is 2.56 bits per heavy atom. The quantitative estimate of drug-likeness (QED) is 0.489. The number of hydrogen-bond donors (Lipinski definition) is 0. The van der Waals surface area contributed by atoms with Crippen molar-refractivity contribution in [2.45, 2.75) is 65.1 Å². The van der Waals surface area contributed by atoms with Crippen molar-refractivity contribution in [3.05, 3.63) is 70.7 Å². The van der Waals surface area contributed by atoms with Crippen LogP contribution in [0.2, 0.25) is 0 Å². The fraction of sp³-hybridized carbons (Fsp3) is 0.444. The van der Waals surface area contributed by atoms with Crippen LogP contribution in [0.3, 0.4) is 0 Å². The number of likely N-dealkylation sites (N-methyl/N-ethyl adjacent to an activating group) is 1. The number of rotatable bonds is 5. The molecule has 5 heteroatoms. The molecule has 0 bridgehead atoms. The van der Waals surface area contributed by atoms with Crippen molar-refractivity contribution in [2.75, 3.05) is 13.6 Å². The molecule has 1 aliphatic heterocycles. The van der Waals surface area contributed by atoms with Gasteiger partial charge < -0.3 is 14.2 Å². The molecular weight excluding hydrogens is 403 g/mol. The zero-order valence-corrected chi connectivity index (χ0v) is 19.7. The third-order valence-electron chi connectivity index (χ3n) is 6.18. The topological polar surface area (TPSA) is 34.5 Å². The summed E-state index contributed by atoms with van der Waals surface area (Å²) in [5.41, 5.74) is 5.59. The number of aromatic nitrogens is 1. The smallest absolute Gasteiger partial charge is 0.306 e. The molecule has 0 spiro atoms. The second-order valence-electron chi connectivity index (χ2n) is 10.1. The lowest BCUT2D eigenvalue weighted by Crippen LogP contribution is -2.29. The number of carbonyl (C=O) groups excluding carboxylic acids is 1. The number of fused-ring (bicyclic) bond motifs is 3. The Bertz CT molecular complexity index is 1130. The lowest BCUT2D eigenvalue weighted by molar-refractivity contribution is -0.155. The third kappa shape index (κ3) is 4.88. The number of carbonyl (C=O) groups is 1. The van der Waals surface area contributed by atoms with Gasteiger partial charge in [-0.15, -0.1) is 0 Å². The summed E-state index contributed by atoms with van der Waals surface area (Å²) in [6.45, 7) is 10.3. The van der Waals surface area contributed by atoms with Gasteiger partial charge in [-0.1, -0.05) is 23.8 Å². The van der Waals surface area contributed by atoms with E-state index >= 15 is 0 Å². The highest BCUT2D eigenvalue weighted by molar-refractivity contribution is 5.86. The standard InChI is InChI=1S/C27H33FN2O2/c1-18-6-11-24-23(14-18)22-12-13-29(5)17-25(22)30(24)16-20(15-26(31)32-27(2,3)4)19-7-9-21(28)10-8-19/h6-11,14,20H,12-13,15-17H2,1-5H3. The van der Waals surface area contributed by atoms with Crippen molar-refractivity contribution in [1.82, 2.24) is 9.47 Å². The van der Waals surface area contributed by atoms with Gasteiger partial charge in [0.15, 0.2) is 0 Å². The Balaban J connectivity index is 1.75. The van der Waals surface area contributed by atoms with Gasteiger partial charge in [0, 0.05) is 42.1 Å². The van der Waals surface area contributed by atoms with E-state index in [1.165, 1.54) is 39.9 Å². The van der Waals surface area contributed by atoms with Crippen LogP contribution in [0, 0.1) is 12.7 Å². The molecule has 0 radical (unpaired) electrons. The maximum Gasteiger partial charge on any atom is 0.306 e. The summed E-state index contributed by atoms with van der Waals surface area (Å²) in [5.74, 6) is -0.616. The van der Waals surface area contributed by atoms with Crippen LogP contribution >= 0.6 is 0 Å². The van der Waals surface area contributed by atoms with Gasteiger partial charge in [0.05, 0.1) is 6.42 Å². The van der Waals surface area contributed by atoms with Crippen LogP contribution < -0.4 is 0 Å². The van der Waals surface area contributed by atoms with Crippen LogP contribution in [0.5, 0.6) is 0 Å². The Morgan fingerprint density at radius 1 is 1.16 bits per heavy atom. The van der Waals surface area contributed by atoms with Gasteiger partial charge in [0.2, 0.25) is 0 Å². The van der Waals surface area contributed by atoms with E-state index in [4.69, 9.17) is 4.74 Å². The Morgan fingerprint density at radius 2 is 1.88 bits per heavy atom. The van der Waals surface area contributed by atoms with Gasteiger partial charge in [0.25, 0.3) is 0 Å². The van der Waals surface area contributed by atoms with Gasteiger partial charge in [-0.2, -0.15) is 0 Å². The minimum Gasteiger partial charge on any atom is -0.460 e. The fourth-order valence-electron chi connectivity index (χ4n) is 4.72. The van der Waals surface area contributed by atoms with Gasteiger partial charge in [-0.05, 0) is 76.6 Å². The monoisotopic (exact) mass is 436 g/mol. The molecule has 0 aliphatic carbocycles. The predicted molar refractivity (Wildman–Crippen MR) is 126 cm³/mol. The van der Waals surface area contributed by atoms with E-state index in [1.807, 2.05) is 20.8 Å². The van der Waals surface area contributed by atoms with Crippen molar-refractivity contribution in [3.63, 3.8) is 0 Å². The highest BCUT2D eigenvalue weighted by Gasteiger charge is 2.27. The van der Waals surface area contributed by atoms with Crippen LogP contribution in [0.15, 0.2) is 42.5 Å². The Kier molecular flexibility index (Phi) is 6.13. The number of esters is 1. The van der Waals surface area contributed by atoms with Crippen molar-refractivity contribution in [3.8, 4) is 0 Å². The van der Waals surface area contributed by atoms with E-state index in [1.54, 1.807) is 12.1 Å². The molecule has 1 aromatic heterocycles. The molecule has 1 atom stereocenters. The lowest BCUT2D eigenvalue weighted by Gasteiger charge is -2.27. The van der Waals surface area contributed by atoms with Crippen LogP contribution in [0.1, 0.15) is 55.5 Å². The minimum absolute atomic E-state index is 0.112. The molecule has 0 N–H and O–H groups in total. The number of nitrogens with zero attached hydrogens (tertiary/aromatic N) is 2. The summed E-state index contributed by atoms with van der Waals surface area (Å²) in [7, 11) is 2.15. The van der Waals surface area contributed by atoms with Gasteiger partial charge >= 0.3 is 5.97 Å². The first-order valence-corrected chi connectivity index (χ1v) is 11.4. The molecule has 3 aromatic rings. The summed E-state index contributed by atoms with van der Waals surface area (Å²) < 4.78 is 21.6. The van der Waals surface area contributed by atoms with Crippen LogP contribution in [-0.4, -0.2) is 34.6 Å². The zero-order valence-electron chi connectivity index (χ0n) is 19.7. The normalized spacial score (nSPS) is 15.6. The first-order valence-electron chi connectivity index (χ1n) is 11.4. The zero-order chi connectivity index (χ0) is 23.0. The summed E-state index contributed by atoms with van der Waals surface area (Å²) in [5, 5.41) is 1.31. The summed E-state index contributed by atoms with van der Waals surface area (Å²) in [6.07, 6.45) is 1.27. The summed E-state index contributed by atoms with van der Waals surface area (Å²) in [4.78, 5) is 15.1. The molecule has 4 rings (SSSR count). The summed E-state index contributed by atoms with van der Waals surface area (Å²) in [6, 6.07) is 13.1. The minimum atomic E-state index is -0.538. The van der Waals surface area contributed by atoms with E-state index in [2.05, 4.69) is 41.6 Å². The van der Waals surface area contributed by atoms with E-state index < -0.39 is 5.60 Å². The number of benzene rings is 2. The molecule has 0 saturated heterocycles. The van der Waals surface area contributed by atoms with Gasteiger partial charge in [0.1, 0.15) is 11.4 Å². The van der Waals surface area contributed by atoms with Crippen molar-refractivity contribution < 1.29 is 13.9 Å². The van der Waals surface area contributed by atoms with Gasteiger partial charge in [-0.25, -0.2) is 4.39 Å². The maximum atomic E-state index is 13.6. The molecule has 2 aromatic carbocycles. The molecule has 0 amide bonds. The SMILES string of the molecule is Cc1ccc2c(c1)c1c(n2CC(CC(=O)OC(C)(C)C)c2ccc(F)cc2)CN(C)CC1. The molecule has 32 heavy (non-hydrogen) atoms. The van der Waals surface area contributed by atoms with Crippen molar-refractivity contribution in [2.24, 2.45) is 0 Å². The van der Waals surface area contributed by atoms with E-state index in [-0.39, 0.29) is 24.1 Å². The molecule has 4 nitrogen and oxygen atoms in total. The number of hydrogen-bond acceptors (Lipinski definition) is 3. The third-order valence-corrected chi connectivity index (χ3v) is 6.18. The highest BCUT2D eigenvalue weighted by atomic mass is 19.1. The average molecular weight is 437 g/mol. The molecule has 1 unspecified atom stereocenters. The molecule has 170 valence electrons. The van der Waals surface area contributed by atoms with Gasteiger partial charge in [-0.3, -0.25) is 4.79 Å². The molecule has 0 fully saturated rings. The number of halogens is 1. The Hall–Kier alpha value is -2.66. The number of aryl methyl sites for hydroxylation is 1. The van der Waals surface area contributed by atoms with E-state index in [9.17, 15) is 9.18 Å². The molecule has 2 heterocycles. The first-order chi connectivity index (χ1) is 15.1. The second-order valence-corrected chi connectivity index (χ2v) is 10.1. The highest BCUT2D eigenvalue weighted by Crippen LogP contribution is 2.34. The van der Waals surface area contributed by atoms with Crippen LogP contribution in [-0.2, 0) is 29.0 Å². The fourth-order valence-corrected chi connectivity index (χ4v) is 4.72. The summed E-state index contributed by atoms with van der Waals surface area (Å²) >= 11 is 0. The largest absolute Gasteiger partial charge is 0.460 e. The Labute approximate surface area is 190 Å². The van der Waals surface area contributed by atoms with Crippen molar-refractivity contribution in [1.29, 1.82) is 0 Å². The van der Waals surface area contributed by atoms with Crippen LogP contribution in [0.4, 0.5) is 4.39 Å². The average Bonchev–Trinajstić information content (AvgIpc) is 2.98. The molecule has 0 saturated carbocycles. The second kappa shape index (κ2) is 8.70.